The normalized spacial score (nSPS) is 9.72. The standard InChI is InChI=1S/C11H20N2O5/c1-4-18-10(16)8-13(3)11(17)12(2)7-5-6-9(14)15/h4-8H2,1-3H3,(H,14,15). The molecule has 0 fully saturated rings. The third-order valence-electron chi connectivity index (χ3n) is 2.21. The summed E-state index contributed by atoms with van der Waals surface area (Å²) in [6.07, 6.45) is 0.393. The van der Waals surface area contributed by atoms with Crippen LogP contribution in [0, 0.1) is 0 Å². The molecule has 0 aliphatic heterocycles. The summed E-state index contributed by atoms with van der Waals surface area (Å²) in [4.78, 5) is 35.9. The monoisotopic (exact) mass is 260 g/mol. The number of aliphatic carboxylic acids is 1. The Labute approximate surface area is 106 Å². The van der Waals surface area contributed by atoms with Gasteiger partial charge in [0.1, 0.15) is 6.54 Å². The van der Waals surface area contributed by atoms with Gasteiger partial charge >= 0.3 is 18.0 Å². The fourth-order valence-electron chi connectivity index (χ4n) is 1.32. The zero-order chi connectivity index (χ0) is 14.1. The van der Waals surface area contributed by atoms with Crippen LogP contribution in [0.4, 0.5) is 4.79 Å². The SMILES string of the molecule is CCOC(=O)CN(C)C(=O)N(C)CCCC(=O)O. The highest BCUT2D eigenvalue weighted by Gasteiger charge is 2.17. The molecule has 0 atom stereocenters. The zero-order valence-corrected chi connectivity index (χ0v) is 11.0. The Hall–Kier alpha value is -1.79. The zero-order valence-electron chi connectivity index (χ0n) is 11.0. The third kappa shape index (κ3) is 6.72. The van der Waals surface area contributed by atoms with E-state index in [1.807, 2.05) is 0 Å². The van der Waals surface area contributed by atoms with Crippen LogP contribution in [0.1, 0.15) is 19.8 Å². The first-order chi connectivity index (χ1) is 8.38. The van der Waals surface area contributed by atoms with Gasteiger partial charge in [-0.25, -0.2) is 4.79 Å². The Kier molecular flexibility index (Phi) is 7.50. The predicted octanol–water partition coefficient (Wildman–Crippen LogP) is 0.398. The summed E-state index contributed by atoms with van der Waals surface area (Å²) in [7, 11) is 3.05. The summed E-state index contributed by atoms with van der Waals surface area (Å²) in [5.41, 5.74) is 0. The van der Waals surface area contributed by atoms with Crippen molar-refractivity contribution in [3.63, 3.8) is 0 Å². The molecule has 0 aromatic heterocycles. The number of esters is 1. The van der Waals surface area contributed by atoms with E-state index < -0.39 is 11.9 Å². The molecule has 104 valence electrons. The number of urea groups is 1. The van der Waals surface area contributed by atoms with Gasteiger partial charge in [-0.1, -0.05) is 0 Å². The molecule has 2 amide bonds. The quantitative estimate of drug-likeness (QED) is 0.669. The van der Waals surface area contributed by atoms with Gasteiger partial charge in [-0.05, 0) is 13.3 Å². The summed E-state index contributed by atoms with van der Waals surface area (Å²) >= 11 is 0. The molecule has 0 unspecified atom stereocenters. The van der Waals surface area contributed by atoms with Crippen molar-refractivity contribution in [2.45, 2.75) is 19.8 Å². The molecule has 0 saturated carbocycles. The molecule has 7 heteroatoms. The van der Waals surface area contributed by atoms with E-state index >= 15 is 0 Å². The maximum atomic E-state index is 11.8. The van der Waals surface area contributed by atoms with Crippen LogP contribution in [0.3, 0.4) is 0 Å². The number of likely N-dealkylation sites (N-methyl/N-ethyl adjacent to an activating group) is 1. The van der Waals surface area contributed by atoms with Crippen LogP contribution in [-0.4, -0.2) is 66.7 Å². The number of carbonyl (C=O) groups excluding carboxylic acids is 2. The van der Waals surface area contributed by atoms with Crippen LogP contribution >= 0.6 is 0 Å². The molecular weight excluding hydrogens is 240 g/mol. The van der Waals surface area contributed by atoms with E-state index in [2.05, 4.69) is 0 Å². The van der Waals surface area contributed by atoms with Crippen LogP contribution in [-0.2, 0) is 14.3 Å². The van der Waals surface area contributed by atoms with Crippen LogP contribution < -0.4 is 0 Å². The van der Waals surface area contributed by atoms with E-state index in [0.29, 0.717) is 13.0 Å². The van der Waals surface area contributed by atoms with E-state index in [-0.39, 0.29) is 25.6 Å². The van der Waals surface area contributed by atoms with Gasteiger partial charge in [0.2, 0.25) is 0 Å². The van der Waals surface area contributed by atoms with Crippen molar-refractivity contribution in [1.82, 2.24) is 9.80 Å². The molecule has 0 aliphatic carbocycles. The maximum Gasteiger partial charge on any atom is 0.325 e. The molecule has 1 N–H and O–H groups in total. The van der Waals surface area contributed by atoms with E-state index in [4.69, 9.17) is 9.84 Å². The Balaban J connectivity index is 4.03. The second kappa shape index (κ2) is 8.32. The average molecular weight is 260 g/mol. The molecule has 0 saturated heterocycles. The summed E-state index contributed by atoms with van der Waals surface area (Å²) in [6.45, 7) is 2.18. The lowest BCUT2D eigenvalue weighted by Crippen LogP contribution is -2.42. The summed E-state index contributed by atoms with van der Waals surface area (Å²) < 4.78 is 4.73. The number of carboxylic acid groups (broad SMARTS) is 1. The van der Waals surface area contributed by atoms with Crippen molar-refractivity contribution < 1.29 is 24.2 Å². The van der Waals surface area contributed by atoms with Gasteiger partial charge in [0.15, 0.2) is 0 Å². The Morgan fingerprint density at radius 2 is 1.78 bits per heavy atom. The van der Waals surface area contributed by atoms with E-state index in [0.717, 1.165) is 0 Å². The summed E-state index contributed by atoms with van der Waals surface area (Å²) in [5.74, 6) is -1.36. The van der Waals surface area contributed by atoms with Crippen LogP contribution in [0.15, 0.2) is 0 Å². The number of carboxylic acids is 1. The average Bonchev–Trinajstić information content (AvgIpc) is 2.27. The molecular formula is C11H20N2O5. The maximum absolute atomic E-state index is 11.8. The van der Waals surface area contributed by atoms with Crippen LogP contribution in [0.25, 0.3) is 0 Å². The van der Waals surface area contributed by atoms with Crippen LogP contribution in [0.5, 0.6) is 0 Å². The number of amides is 2. The van der Waals surface area contributed by atoms with Gasteiger partial charge in [-0.2, -0.15) is 0 Å². The number of ether oxygens (including phenoxy) is 1. The number of hydrogen-bond donors (Lipinski definition) is 1. The summed E-state index contributed by atoms with van der Waals surface area (Å²) in [5, 5.41) is 8.48. The van der Waals surface area contributed by atoms with Gasteiger partial charge in [0.25, 0.3) is 0 Å². The van der Waals surface area contributed by atoms with Gasteiger partial charge in [-0.3, -0.25) is 9.59 Å². The number of rotatable bonds is 7. The molecule has 0 spiro atoms. The molecule has 0 aromatic rings. The minimum Gasteiger partial charge on any atom is -0.481 e. The van der Waals surface area contributed by atoms with E-state index in [1.54, 1.807) is 14.0 Å². The molecule has 18 heavy (non-hydrogen) atoms. The lowest BCUT2D eigenvalue weighted by Gasteiger charge is -2.23. The Morgan fingerprint density at radius 1 is 1.17 bits per heavy atom. The van der Waals surface area contributed by atoms with Crippen molar-refractivity contribution in [2.75, 3.05) is 33.8 Å². The van der Waals surface area contributed by atoms with Gasteiger partial charge in [0, 0.05) is 27.1 Å². The van der Waals surface area contributed by atoms with E-state index in [1.165, 1.54) is 16.8 Å². The number of hydrogen-bond acceptors (Lipinski definition) is 4. The highest BCUT2D eigenvalue weighted by molar-refractivity contribution is 5.80. The van der Waals surface area contributed by atoms with Crippen molar-refractivity contribution in [1.29, 1.82) is 0 Å². The molecule has 0 rings (SSSR count). The van der Waals surface area contributed by atoms with Crippen molar-refractivity contribution in [2.24, 2.45) is 0 Å². The minimum absolute atomic E-state index is 0.0131. The first-order valence-corrected chi connectivity index (χ1v) is 5.72. The minimum atomic E-state index is -0.893. The second-order valence-corrected chi connectivity index (χ2v) is 3.86. The molecule has 0 bridgehead atoms. The predicted molar refractivity (Wildman–Crippen MR) is 64.2 cm³/mol. The number of nitrogens with zero attached hydrogens (tertiary/aromatic N) is 2. The molecule has 0 aliphatic rings. The fraction of sp³-hybridized carbons (Fsp3) is 0.727. The third-order valence-corrected chi connectivity index (χ3v) is 2.21. The topological polar surface area (TPSA) is 87.2 Å². The Morgan fingerprint density at radius 3 is 2.28 bits per heavy atom. The van der Waals surface area contributed by atoms with E-state index in [9.17, 15) is 14.4 Å². The molecule has 7 nitrogen and oxygen atoms in total. The first-order valence-electron chi connectivity index (χ1n) is 5.72. The highest BCUT2D eigenvalue weighted by Crippen LogP contribution is 1.98. The van der Waals surface area contributed by atoms with Crippen molar-refractivity contribution in [3.05, 3.63) is 0 Å². The highest BCUT2D eigenvalue weighted by atomic mass is 16.5. The van der Waals surface area contributed by atoms with Gasteiger partial charge in [0.05, 0.1) is 6.61 Å². The number of carbonyl (C=O) groups is 3. The fourth-order valence-corrected chi connectivity index (χ4v) is 1.32. The van der Waals surface area contributed by atoms with Gasteiger partial charge in [-0.15, -0.1) is 0 Å². The smallest absolute Gasteiger partial charge is 0.325 e. The second-order valence-electron chi connectivity index (χ2n) is 3.86. The van der Waals surface area contributed by atoms with Crippen molar-refractivity contribution in [3.8, 4) is 0 Å². The van der Waals surface area contributed by atoms with Gasteiger partial charge < -0.3 is 19.6 Å². The lowest BCUT2D eigenvalue weighted by atomic mass is 10.3. The largest absolute Gasteiger partial charge is 0.481 e. The molecule has 0 aromatic carbocycles. The van der Waals surface area contributed by atoms with Crippen LogP contribution in [0.2, 0.25) is 0 Å². The van der Waals surface area contributed by atoms with Crippen molar-refractivity contribution >= 4 is 18.0 Å². The Bertz CT molecular complexity index is 306. The molecule has 0 heterocycles. The first kappa shape index (κ1) is 16.2. The molecule has 0 radical (unpaired) electrons. The lowest BCUT2D eigenvalue weighted by molar-refractivity contribution is -0.143. The summed E-state index contributed by atoms with van der Waals surface area (Å²) in [6, 6.07) is -0.339.